The van der Waals surface area contributed by atoms with Gasteiger partial charge in [0.15, 0.2) is 0 Å². The Morgan fingerprint density at radius 3 is 2.76 bits per heavy atom. The Kier molecular flexibility index (Phi) is 3.71. The number of halogens is 3. The second kappa shape index (κ2) is 5.52. The maximum Gasteiger partial charge on any atom is 0.416 e. The van der Waals surface area contributed by atoms with Crippen LogP contribution in [0, 0.1) is 0 Å². The third-order valence-electron chi connectivity index (χ3n) is 3.46. The predicted molar refractivity (Wildman–Crippen MR) is 72.6 cm³/mol. The zero-order valence-electron chi connectivity index (χ0n) is 11.4. The van der Waals surface area contributed by atoms with E-state index < -0.39 is 11.7 Å². The summed E-state index contributed by atoms with van der Waals surface area (Å²) in [6.45, 7) is 1.10. The molecule has 1 aromatic carbocycles. The van der Waals surface area contributed by atoms with E-state index in [0.717, 1.165) is 18.2 Å². The number of rotatable bonds is 5. The minimum Gasteiger partial charge on any atom is -0.310 e. The number of nitrogens with one attached hydrogen (secondary N) is 1. The molecule has 0 amide bonds. The van der Waals surface area contributed by atoms with E-state index in [1.807, 2.05) is 6.20 Å². The van der Waals surface area contributed by atoms with Crippen molar-refractivity contribution in [1.29, 1.82) is 0 Å². The van der Waals surface area contributed by atoms with Gasteiger partial charge in [-0.05, 0) is 30.5 Å². The molecule has 1 aliphatic rings. The van der Waals surface area contributed by atoms with Crippen LogP contribution < -0.4 is 5.32 Å². The van der Waals surface area contributed by atoms with E-state index >= 15 is 0 Å². The summed E-state index contributed by atoms with van der Waals surface area (Å²) in [5.41, 5.74) is 1.02. The lowest BCUT2D eigenvalue weighted by Gasteiger charge is -2.08. The molecule has 112 valence electrons. The summed E-state index contributed by atoms with van der Waals surface area (Å²) in [7, 11) is 0. The van der Waals surface area contributed by atoms with Crippen LogP contribution >= 0.6 is 0 Å². The number of hydrogen-bond acceptors (Lipinski definition) is 2. The second-order valence-electron chi connectivity index (χ2n) is 5.40. The maximum atomic E-state index is 12.7. The largest absolute Gasteiger partial charge is 0.416 e. The molecule has 6 heteroatoms. The molecule has 3 nitrogen and oxygen atoms in total. The summed E-state index contributed by atoms with van der Waals surface area (Å²) in [5.74, 6) is 0. The van der Waals surface area contributed by atoms with Crippen molar-refractivity contribution in [2.24, 2.45) is 0 Å². The highest BCUT2D eigenvalue weighted by molar-refractivity contribution is 5.26. The van der Waals surface area contributed by atoms with Gasteiger partial charge in [0.1, 0.15) is 0 Å². The molecule has 0 saturated heterocycles. The lowest BCUT2D eigenvalue weighted by Crippen LogP contribution is -2.14. The minimum atomic E-state index is -4.31. The van der Waals surface area contributed by atoms with Gasteiger partial charge < -0.3 is 5.32 Å². The van der Waals surface area contributed by atoms with Crippen LogP contribution in [0.15, 0.2) is 36.7 Å². The molecule has 0 atom stereocenters. The first-order valence-corrected chi connectivity index (χ1v) is 6.91. The average Bonchev–Trinajstić information content (AvgIpc) is 3.16. The molecule has 0 bridgehead atoms. The van der Waals surface area contributed by atoms with Crippen LogP contribution in [-0.2, 0) is 19.3 Å². The van der Waals surface area contributed by atoms with Crippen LogP contribution in [0.5, 0.6) is 0 Å². The lowest BCUT2D eigenvalue weighted by atomic mass is 10.1. The van der Waals surface area contributed by atoms with Crippen molar-refractivity contribution < 1.29 is 13.2 Å². The molecular weight excluding hydrogens is 279 g/mol. The smallest absolute Gasteiger partial charge is 0.310 e. The number of benzene rings is 1. The highest BCUT2D eigenvalue weighted by Crippen LogP contribution is 2.29. The van der Waals surface area contributed by atoms with Gasteiger partial charge in [-0.2, -0.15) is 18.3 Å². The molecule has 3 rings (SSSR count). The van der Waals surface area contributed by atoms with Gasteiger partial charge in [0.2, 0.25) is 0 Å². The summed E-state index contributed by atoms with van der Waals surface area (Å²) in [6.07, 6.45) is 1.76. The number of aromatic nitrogens is 2. The van der Waals surface area contributed by atoms with Crippen molar-refractivity contribution in [3.63, 3.8) is 0 Å². The summed E-state index contributed by atoms with van der Waals surface area (Å²) in [5, 5.41) is 7.57. The molecule has 0 spiro atoms. The van der Waals surface area contributed by atoms with Gasteiger partial charge in [-0.25, -0.2) is 0 Å². The van der Waals surface area contributed by atoms with E-state index in [1.54, 1.807) is 16.9 Å². The Morgan fingerprint density at radius 2 is 2.05 bits per heavy atom. The van der Waals surface area contributed by atoms with Crippen molar-refractivity contribution in [2.75, 3.05) is 0 Å². The zero-order chi connectivity index (χ0) is 14.9. The van der Waals surface area contributed by atoms with Gasteiger partial charge in [-0.15, -0.1) is 0 Å². The van der Waals surface area contributed by atoms with Crippen molar-refractivity contribution in [1.82, 2.24) is 15.1 Å². The molecule has 1 heterocycles. The fourth-order valence-corrected chi connectivity index (χ4v) is 2.17. The quantitative estimate of drug-likeness (QED) is 0.918. The summed E-state index contributed by atoms with van der Waals surface area (Å²) in [6, 6.07) is 5.98. The van der Waals surface area contributed by atoms with E-state index in [4.69, 9.17) is 0 Å². The third-order valence-corrected chi connectivity index (χ3v) is 3.46. The van der Waals surface area contributed by atoms with Crippen molar-refractivity contribution in [3.05, 3.63) is 53.3 Å². The topological polar surface area (TPSA) is 29.9 Å². The fourth-order valence-electron chi connectivity index (χ4n) is 2.17. The standard InChI is InChI=1S/C15H16F3N3/c16-15(17,18)13-3-1-2-11(6-13)9-21-10-12(8-20-21)7-19-14-4-5-14/h1-3,6,8,10,14,19H,4-5,7,9H2. The summed E-state index contributed by atoms with van der Waals surface area (Å²) in [4.78, 5) is 0. The number of nitrogens with zero attached hydrogens (tertiary/aromatic N) is 2. The molecule has 1 aliphatic carbocycles. The molecule has 1 saturated carbocycles. The van der Waals surface area contributed by atoms with Crippen LogP contribution in [0.25, 0.3) is 0 Å². The first-order valence-electron chi connectivity index (χ1n) is 6.91. The van der Waals surface area contributed by atoms with Gasteiger partial charge in [0.05, 0.1) is 18.3 Å². The van der Waals surface area contributed by atoms with Gasteiger partial charge in [-0.3, -0.25) is 4.68 Å². The molecule has 1 fully saturated rings. The number of hydrogen-bond donors (Lipinski definition) is 1. The van der Waals surface area contributed by atoms with E-state index in [0.29, 0.717) is 18.2 Å². The van der Waals surface area contributed by atoms with Gasteiger partial charge in [-0.1, -0.05) is 12.1 Å². The van der Waals surface area contributed by atoms with Gasteiger partial charge >= 0.3 is 6.18 Å². The first kappa shape index (κ1) is 14.1. The molecular formula is C15H16F3N3. The van der Waals surface area contributed by atoms with Gasteiger partial charge in [0.25, 0.3) is 0 Å². The fraction of sp³-hybridized carbons (Fsp3) is 0.400. The van der Waals surface area contributed by atoms with E-state index in [-0.39, 0.29) is 0 Å². The Hall–Kier alpha value is -1.82. The molecule has 2 aromatic rings. The first-order chi connectivity index (χ1) is 10.0. The summed E-state index contributed by atoms with van der Waals surface area (Å²) < 4.78 is 39.7. The lowest BCUT2D eigenvalue weighted by molar-refractivity contribution is -0.137. The van der Waals surface area contributed by atoms with Crippen molar-refractivity contribution in [3.8, 4) is 0 Å². The normalized spacial score (nSPS) is 15.4. The predicted octanol–water partition coefficient (Wildman–Crippen LogP) is 3.20. The van der Waals surface area contributed by atoms with Crippen LogP contribution in [0.4, 0.5) is 13.2 Å². The molecule has 1 aromatic heterocycles. The van der Waals surface area contributed by atoms with Crippen LogP contribution in [0.3, 0.4) is 0 Å². The highest BCUT2D eigenvalue weighted by atomic mass is 19.4. The Morgan fingerprint density at radius 1 is 1.24 bits per heavy atom. The van der Waals surface area contributed by atoms with Crippen LogP contribution in [0.2, 0.25) is 0 Å². The molecule has 21 heavy (non-hydrogen) atoms. The second-order valence-corrected chi connectivity index (χ2v) is 5.40. The highest BCUT2D eigenvalue weighted by Gasteiger charge is 2.30. The van der Waals surface area contributed by atoms with Crippen molar-refractivity contribution >= 4 is 0 Å². The summed E-state index contributed by atoms with van der Waals surface area (Å²) >= 11 is 0. The van der Waals surface area contributed by atoms with Gasteiger partial charge in [0, 0.05) is 24.3 Å². The Bertz CT molecular complexity index is 615. The Labute approximate surface area is 120 Å². The number of alkyl halides is 3. The zero-order valence-corrected chi connectivity index (χ0v) is 11.4. The van der Waals surface area contributed by atoms with E-state index in [1.165, 1.54) is 25.0 Å². The maximum absolute atomic E-state index is 12.7. The van der Waals surface area contributed by atoms with Crippen LogP contribution in [0.1, 0.15) is 29.5 Å². The monoisotopic (exact) mass is 295 g/mol. The van der Waals surface area contributed by atoms with Crippen LogP contribution in [-0.4, -0.2) is 15.8 Å². The molecule has 0 radical (unpaired) electrons. The molecule has 0 unspecified atom stereocenters. The third kappa shape index (κ3) is 3.85. The molecule has 0 aliphatic heterocycles. The van der Waals surface area contributed by atoms with E-state index in [2.05, 4.69) is 10.4 Å². The van der Waals surface area contributed by atoms with Crippen molar-refractivity contribution in [2.45, 2.75) is 38.1 Å². The molecule has 1 N–H and O–H groups in total. The minimum absolute atomic E-state index is 0.341. The average molecular weight is 295 g/mol. The Balaban J connectivity index is 1.65. The van der Waals surface area contributed by atoms with E-state index in [9.17, 15) is 13.2 Å². The SMILES string of the molecule is FC(F)(F)c1cccc(Cn2cc(CNC3CC3)cn2)c1.